The Morgan fingerprint density at radius 2 is 1.76 bits per heavy atom. The van der Waals surface area contributed by atoms with Gasteiger partial charge in [-0.05, 0) is 43.2 Å². The number of aromatic nitrogens is 1. The summed E-state index contributed by atoms with van der Waals surface area (Å²) in [4.78, 5) is 4.36. The molecule has 0 amide bonds. The average molecular weight is 292 g/mol. The van der Waals surface area contributed by atoms with E-state index < -0.39 is 0 Å². The van der Waals surface area contributed by atoms with Crippen LogP contribution in [0.5, 0.6) is 0 Å². The number of aliphatic hydroxyl groups is 1. The molecule has 3 nitrogen and oxygen atoms in total. The average Bonchev–Trinajstić information content (AvgIpc) is 2.48. The highest BCUT2D eigenvalue weighted by atomic mass is 16.3. The maximum absolute atomic E-state index is 10.5. The van der Waals surface area contributed by atoms with Gasteiger partial charge in [0.25, 0.3) is 0 Å². The number of nitrogens with one attached hydrogen (secondary N) is 1. The Balaban J connectivity index is 2.68. The minimum Gasteiger partial charge on any atom is -0.393 e. The van der Waals surface area contributed by atoms with E-state index in [9.17, 15) is 5.11 Å². The molecule has 0 aliphatic carbocycles. The number of hydrogen-bond donors (Lipinski definition) is 2. The first-order valence-electron chi connectivity index (χ1n) is 8.44. The lowest BCUT2D eigenvalue weighted by molar-refractivity contribution is 0.0911. The van der Waals surface area contributed by atoms with E-state index in [1.54, 1.807) is 6.20 Å². The fourth-order valence-electron chi connectivity index (χ4n) is 2.87. The first-order valence-corrected chi connectivity index (χ1v) is 8.44. The maximum Gasteiger partial charge on any atom is 0.126 e. The number of hydrogen-bond acceptors (Lipinski definition) is 3. The van der Waals surface area contributed by atoms with Crippen molar-refractivity contribution in [2.75, 3.05) is 5.32 Å². The predicted molar refractivity (Wildman–Crippen MR) is 90.4 cm³/mol. The topological polar surface area (TPSA) is 45.1 Å². The van der Waals surface area contributed by atoms with Gasteiger partial charge in [0.1, 0.15) is 5.82 Å². The molecule has 3 heteroatoms. The molecule has 0 aromatic carbocycles. The van der Waals surface area contributed by atoms with Crippen LogP contribution in [0, 0.1) is 11.8 Å². The van der Waals surface area contributed by atoms with Crippen LogP contribution in [0.3, 0.4) is 0 Å². The van der Waals surface area contributed by atoms with Gasteiger partial charge in [0.2, 0.25) is 0 Å². The molecule has 0 aliphatic heterocycles. The molecule has 0 radical (unpaired) electrons. The molecule has 0 fully saturated rings. The SMILES string of the molecule is CCCC(C)C(O)CC(Nc1ccccn1)C(C)CCC. The predicted octanol–water partition coefficient (Wildman–Crippen LogP) is 4.49. The van der Waals surface area contributed by atoms with Crippen molar-refractivity contribution in [2.45, 2.75) is 71.9 Å². The van der Waals surface area contributed by atoms with Crippen molar-refractivity contribution in [1.82, 2.24) is 4.98 Å². The molecule has 1 heterocycles. The smallest absolute Gasteiger partial charge is 0.126 e. The molecule has 4 atom stereocenters. The van der Waals surface area contributed by atoms with E-state index >= 15 is 0 Å². The van der Waals surface area contributed by atoms with Crippen LogP contribution >= 0.6 is 0 Å². The van der Waals surface area contributed by atoms with Crippen molar-refractivity contribution in [1.29, 1.82) is 0 Å². The van der Waals surface area contributed by atoms with Crippen LogP contribution in [0.25, 0.3) is 0 Å². The van der Waals surface area contributed by atoms with Crippen LogP contribution in [-0.2, 0) is 0 Å². The van der Waals surface area contributed by atoms with Gasteiger partial charge >= 0.3 is 0 Å². The van der Waals surface area contributed by atoms with Crippen LogP contribution in [0.15, 0.2) is 24.4 Å². The molecule has 0 saturated carbocycles. The Kier molecular flexibility index (Phi) is 8.36. The van der Waals surface area contributed by atoms with Crippen LogP contribution in [0.2, 0.25) is 0 Å². The van der Waals surface area contributed by atoms with Gasteiger partial charge < -0.3 is 10.4 Å². The van der Waals surface area contributed by atoms with Gasteiger partial charge in [-0.3, -0.25) is 0 Å². The van der Waals surface area contributed by atoms with Crippen molar-refractivity contribution in [3.05, 3.63) is 24.4 Å². The zero-order chi connectivity index (χ0) is 15.7. The summed E-state index contributed by atoms with van der Waals surface area (Å²) < 4.78 is 0. The summed E-state index contributed by atoms with van der Waals surface area (Å²) in [5, 5.41) is 14.0. The zero-order valence-electron chi connectivity index (χ0n) is 14.0. The van der Waals surface area contributed by atoms with Gasteiger partial charge in [-0.1, -0.05) is 46.6 Å². The summed E-state index contributed by atoms with van der Waals surface area (Å²) >= 11 is 0. The molecule has 0 spiro atoms. The molecule has 1 aromatic heterocycles. The monoisotopic (exact) mass is 292 g/mol. The quantitative estimate of drug-likeness (QED) is 0.668. The molecule has 120 valence electrons. The fraction of sp³-hybridized carbons (Fsp3) is 0.722. The first-order chi connectivity index (χ1) is 10.1. The van der Waals surface area contributed by atoms with Crippen LogP contribution < -0.4 is 5.32 Å². The summed E-state index contributed by atoms with van der Waals surface area (Å²) in [7, 11) is 0. The van der Waals surface area contributed by atoms with Crippen molar-refractivity contribution in [3.8, 4) is 0 Å². The van der Waals surface area contributed by atoms with Gasteiger partial charge in [-0.25, -0.2) is 4.98 Å². The standard InChI is InChI=1S/C18H32N2O/c1-5-9-14(3)16(13-17(21)15(4)10-6-2)20-18-11-7-8-12-19-18/h7-8,11-12,14-17,21H,5-6,9-10,13H2,1-4H3,(H,19,20). The lowest BCUT2D eigenvalue weighted by Gasteiger charge is -2.29. The number of pyridine rings is 1. The van der Waals surface area contributed by atoms with E-state index in [-0.39, 0.29) is 12.1 Å². The number of rotatable bonds is 10. The van der Waals surface area contributed by atoms with E-state index in [0.717, 1.165) is 25.1 Å². The third-order valence-electron chi connectivity index (χ3n) is 4.33. The van der Waals surface area contributed by atoms with Crippen molar-refractivity contribution in [2.24, 2.45) is 11.8 Å². The van der Waals surface area contributed by atoms with E-state index in [2.05, 4.69) is 38.0 Å². The number of anilines is 1. The van der Waals surface area contributed by atoms with Crippen molar-refractivity contribution >= 4 is 5.82 Å². The Bertz CT molecular complexity index is 369. The summed E-state index contributed by atoms with van der Waals surface area (Å²) in [5.41, 5.74) is 0. The highest BCUT2D eigenvalue weighted by Gasteiger charge is 2.23. The Morgan fingerprint density at radius 3 is 2.33 bits per heavy atom. The largest absolute Gasteiger partial charge is 0.393 e. The normalized spacial score (nSPS) is 17.0. The van der Waals surface area contributed by atoms with Gasteiger partial charge in [0, 0.05) is 12.2 Å². The lowest BCUT2D eigenvalue weighted by Crippen LogP contribution is -2.34. The van der Waals surface area contributed by atoms with Crippen molar-refractivity contribution < 1.29 is 5.11 Å². The highest BCUT2D eigenvalue weighted by molar-refractivity contribution is 5.34. The Labute approximate surface area is 130 Å². The summed E-state index contributed by atoms with van der Waals surface area (Å²) in [6.45, 7) is 8.80. The van der Waals surface area contributed by atoms with Crippen LogP contribution in [0.4, 0.5) is 5.82 Å². The molecular weight excluding hydrogens is 260 g/mol. The molecule has 4 unspecified atom stereocenters. The first kappa shape index (κ1) is 18.0. The second-order valence-corrected chi connectivity index (χ2v) is 6.30. The molecule has 0 bridgehead atoms. The Hall–Kier alpha value is -1.09. The van der Waals surface area contributed by atoms with Crippen LogP contribution in [0.1, 0.15) is 59.8 Å². The van der Waals surface area contributed by atoms with Gasteiger partial charge in [0.05, 0.1) is 6.10 Å². The second-order valence-electron chi connectivity index (χ2n) is 6.30. The van der Waals surface area contributed by atoms with E-state index in [0.29, 0.717) is 11.8 Å². The zero-order valence-corrected chi connectivity index (χ0v) is 14.0. The maximum atomic E-state index is 10.5. The lowest BCUT2D eigenvalue weighted by atomic mass is 9.87. The second kappa shape index (κ2) is 9.78. The molecule has 2 N–H and O–H groups in total. The Morgan fingerprint density at radius 1 is 1.10 bits per heavy atom. The molecule has 0 aliphatic rings. The van der Waals surface area contributed by atoms with Gasteiger partial charge in [-0.2, -0.15) is 0 Å². The minimum atomic E-state index is -0.245. The van der Waals surface area contributed by atoms with Crippen LogP contribution in [-0.4, -0.2) is 22.2 Å². The van der Waals surface area contributed by atoms with E-state index in [4.69, 9.17) is 0 Å². The highest BCUT2D eigenvalue weighted by Crippen LogP contribution is 2.23. The molecule has 1 aromatic rings. The molecular formula is C18H32N2O. The summed E-state index contributed by atoms with van der Waals surface area (Å²) in [6.07, 6.45) is 6.90. The third kappa shape index (κ3) is 6.47. The van der Waals surface area contributed by atoms with E-state index in [1.165, 1.54) is 12.8 Å². The summed E-state index contributed by atoms with van der Waals surface area (Å²) in [5.74, 6) is 1.79. The molecule has 21 heavy (non-hydrogen) atoms. The number of aliphatic hydroxyl groups excluding tert-OH is 1. The molecule has 1 rings (SSSR count). The third-order valence-corrected chi connectivity index (χ3v) is 4.33. The van der Waals surface area contributed by atoms with Crippen molar-refractivity contribution in [3.63, 3.8) is 0 Å². The fourth-order valence-corrected chi connectivity index (χ4v) is 2.87. The van der Waals surface area contributed by atoms with E-state index in [1.807, 2.05) is 18.2 Å². The minimum absolute atomic E-state index is 0.245. The molecule has 0 saturated heterocycles. The number of nitrogens with zero attached hydrogens (tertiary/aromatic N) is 1. The van der Waals surface area contributed by atoms with Gasteiger partial charge in [-0.15, -0.1) is 0 Å². The summed E-state index contributed by atoms with van der Waals surface area (Å²) in [6, 6.07) is 6.18. The van der Waals surface area contributed by atoms with Gasteiger partial charge in [0.15, 0.2) is 0 Å².